The number of hydrogen-bond donors (Lipinski definition) is 1. The molecule has 1 fully saturated rings. The second-order valence-electron chi connectivity index (χ2n) is 9.00. The van der Waals surface area contributed by atoms with Gasteiger partial charge in [-0.25, -0.2) is 14.8 Å². The molecule has 0 aliphatic carbocycles. The first-order valence-electron chi connectivity index (χ1n) is 10.9. The van der Waals surface area contributed by atoms with E-state index in [1.807, 2.05) is 39.0 Å². The fourth-order valence-corrected chi connectivity index (χ4v) is 4.98. The van der Waals surface area contributed by atoms with E-state index in [0.717, 1.165) is 57.6 Å². The van der Waals surface area contributed by atoms with Crippen molar-refractivity contribution in [2.75, 3.05) is 18.8 Å². The molecule has 0 spiro atoms. The Bertz CT molecular complexity index is 1100. The first-order chi connectivity index (χ1) is 14.7. The molecule has 2 N–H and O–H groups in total. The molecule has 0 saturated carbocycles. The van der Waals surface area contributed by atoms with Crippen LogP contribution < -0.4 is 10.5 Å². The smallest absolute Gasteiger partial charge is 0.410 e. The number of carbonyl (C=O) groups excluding carboxylic acids is 1. The van der Waals surface area contributed by atoms with Crippen molar-refractivity contribution in [1.82, 2.24) is 14.9 Å². The van der Waals surface area contributed by atoms with E-state index in [1.165, 1.54) is 0 Å². The number of anilines is 1. The first kappa shape index (κ1) is 21.6. The second-order valence-corrected chi connectivity index (χ2v) is 10.1. The molecule has 1 aliphatic heterocycles. The summed E-state index contributed by atoms with van der Waals surface area (Å²) in [5.41, 5.74) is 7.33. The van der Waals surface area contributed by atoms with Crippen molar-refractivity contribution in [3.05, 3.63) is 23.2 Å². The van der Waals surface area contributed by atoms with Crippen LogP contribution >= 0.6 is 11.3 Å². The number of carbonyl (C=O) groups is 1. The topological polar surface area (TPSA) is 90.6 Å². The average molecular weight is 443 g/mol. The molecular weight excluding hydrogens is 412 g/mol. The van der Waals surface area contributed by atoms with E-state index in [-0.39, 0.29) is 12.2 Å². The van der Waals surface area contributed by atoms with Crippen LogP contribution in [0.2, 0.25) is 0 Å². The predicted molar refractivity (Wildman–Crippen MR) is 125 cm³/mol. The van der Waals surface area contributed by atoms with Crippen molar-refractivity contribution < 1.29 is 14.3 Å². The van der Waals surface area contributed by atoms with Crippen molar-refractivity contribution in [3.8, 4) is 5.75 Å². The lowest BCUT2D eigenvalue weighted by molar-refractivity contribution is 0.0127. The molecule has 166 valence electrons. The van der Waals surface area contributed by atoms with Crippen LogP contribution in [-0.2, 0) is 11.2 Å². The summed E-state index contributed by atoms with van der Waals surface area (Å²) in [4.78, 5) is 23.2. The second kappa shape index (κ2) is 8.49. The molecule has 31 heavy (non-hydrogen) atoms. The van der Waals surface area contributed by atoms with Crippen LogP contribution in [0.1, 0.15) is 52.0 Å². The van der Waals surface area contributed by atoms with Gasteiger partial charge in [-0.2, -0.15) is 0 Å². The highest BCUT2D eigenvalue weighted by atomic mass is 32.1. The molecule has 4 rings (SSSR count). The van der Waals surface area contributed by atoms with Gasteiger partial charge in [0.15, 0.2) is 5.82 Å². The van der Waals surface area contributed by atoms with Gasteiger partial charge in [-0.1, -0.05) is 6.92 Å². The minimum Gasteiger partial charge on any atom is -0.490 e. The zero-order chi connectivity index (χ0) is 22.2. The fraction of sp³-hybridized carbons (Fsp3) is 0.522. The Hall–Kier alpha value is -2.61. The molecule has 0 bridgehead atoms. The molecule has 3 aromatic rings. The van der Waals surface area contributed by atoms with Gasteiger partial charge in [0, 0.05) is 37.4 Å². The molecule has 2 aromatic heterocycles. The van der Waals surface area contributed by atoms with Crippen LogP contribution in [0.25, 0.3) is 21.1 Å². The molecule has 1 aliphatic rings. The number of nitrogens with zero attached hydrogens (tertiary/aromatic N) is 3. The summed E-state index contributed by atoms with van der Waals surface area (Å²) in [6, 6.07) is 5.98. The number of fused-ring (bicyclic) bond motifs is 3. The Morgan fingerprint density at radius 1 is 1.26 bits per heavy atom. The van der Waals surface area contributed by atoms with Gasteiger partial charge in [0.05, 0.1) is 15.2 Å². The summed E-state index contributed by atoms with van der Waals surface area (Å²) < 4.78 is 12.8. The van der Waals surface area contributed by atoms with E-state index in [2.05, 4.69) is 16.9 Å². The molecule has 3 heterocycles. The Balaban J connectivity index is 1.46. The summed E-state index contributed by atoms with van der Waals surface area (Å²) >= 11 is 1.69. The van der Waals surface area contributed by atoms with Gasteiger partial charge in [-0.05, 0) is 45.7 Å². The summed E-state index contributed by atoms with van der Waals surface area (Å²) in [7, 11) is 0. The largest absolute Gasteiger partial charge is 0.490 e. The van der Waals surface area contributed by atoms with E-state index in [0.29, 0.717) is 18.9 Å². The van der Waals surface area contributed by atoms with Crippen molar-refractivity contribution in [2.24, 2.45) is 0 Å². The number of rotatable bonds is 4. The van der Waals surface area contributed by atoms with E-state index in [9.17, 15) is 4.79 Å². The number of aryl methyl sites for hydroxylation is 1. The van der Waals surface area contributed by atoms with Crippen molar-refractivity contribution >= 4 is 44.4 Å². The summed E-state index contributed by atoms with van der Waals surface area (Å²) in [5.74, 6) is 1.23. The third-order valence-corrected chi connectivity index (χ3v) is 6.38. The lowest BCUT2D eigenvalue weighted by atomic mass is 10.1. The van der Waals surface area contributed by atoms with Crippen LogP contribution in [0, 0.1) is 0 Å². The van der Waals surface area contributed by atoms with Gasteiger partial charge in [-0.15, -0.1) is 11.3 Å². The van der Waals surface area contributed by atoms with Gasteiger partial charge < -0.3 is 20.1 Å². The van der Waals surface area contributed by atoms with E-state index < -0.39 is 5.60 Å². The molecule has 7 nitrogen and oxygen atoms in total. The zero-order valence-corrected chi connectivity index (χ0v) is 19.4. The Labute approximate surface area is 186 Å². The van der Waals surface area contributed by atoms with Crippen molar-refractivity contribution in [2.45, 2.75) is 65.1 Å². The maximum Gasteiger partial charge on any atom is 0.410 e. The molecule has 0 radical (unpaired) electrons. The number of nitrogens with two attached hydrogens (primary N) is 1. The van der Waals surface area contributed by atoms with E-state index >= 15 is 0 Å². The molecule has 1 saturated heterocycles. The van der Waals surface area contributed by atoms with Gasteiger partial charge in [0.25, 0.3) is 0 Å². The third kappa shape index (κ3) is 4.84. The number of aromatic nitrogens is 2. The number of thiazole rings is 1. The van der Waals surface area contributed by atoms with Crippen molar-refractivity contribution in [1.29, 1.82) is 0 Å². The summed E-state index contributed by atoms with van der Waals surface area (Å²) in [6.45, 7) is 9.04. The SMILES string of the molecule is CCCc1nc2c(N)nc3cc(OC4CCN(C(=O)OC(C)(C)C)CC4)ccc3c2s1. The average Bonchev–Trinajstić information content (AvgIpc) is 3.12. The number of amides is 1. The number of likely N-dealkylation sites (tertiary alicyclic amines) is 1. The van der Waals surface area contributed by atoms with Gasteiger partial charge in [-0.3, -0.25) is 0 Å². The lowest BCUT2D eigenvalue weighted by Gasteiger charge is -2.33. The van der Waals surface area contributed by atoms with E-state index in [4.69, 9.17) is 15.2 Å². The van der Waals surface area contributed by atoms with Gasteiger partial charge in [0.2, 0.25) is 0 Å². The minimum atomic E-state index is -0.481. The Morgan fingerprint density at radius 2 is 2.00 bits per heavy atom. The predicted octanol–water partition coefficient (Wildman–Crippen LogP) is 5.16. The van der Waals surface area contributed by atoms with Crippen LogP contribution in [0.5, 0.6) is 5.75 Å². The molecular formula is C23H30N4O3S. The summed E-state index contributed by atoms with van der Waals surface area (Å²) in [6.07, 6.45) is 3.32. The maximum absolute atomic E-state index is 12.2. The Morgan fingerprint density at radius 3 is 2.68 bits per heavy atom. The van der Waals surface area contributed by atoms with Crippen LogP contribution in [0.15, 0.2) is 18.2 Å². The highest BCUT2D eigenvalue weighted by Crippen LogP contribution is 2.34. The molecule has 1 aromatic carbocycles. The number of pyridine rings is 1. The number of nitrogen functional groups attached to an aromatic ring is 1. The highest BCUT2D eigenvalue weighted by Gasteiger charge is 2.27. The van der Waals surface area contributed by atoms with E-state index in [1.54, 1.807) is 16.2 Å². The number of benzene rings is 1. The van der Waals surface area contributed by atoms with Gasteiger partial charge in [0.1, 0.15) is 23.0 Å². The minimum absolute atomic E-state index is 0.0526. The number of piperidine rings is 1. The standard InChI is InChI=1S/C23H30N4O3S/c1-5-6-18-26-19-20(31-18)16-8-7-15(13-17(16)25-21(19)24)29-14-9-11-27(12-10-14)22(28)30-23(2,3)4/h7-8,13-14H,5-6,9-12H2,1-4H3,(H2,24,25). The molecule has 0 atom stereocenters. The Kier molecular flexibility index (Phi) is 5.92. The molecule has 0 unspecified atom stereocenters. The van der Waals surface area contributed by atoms with Crippen LogP contribution in [0.4, 0.5) is 10.6 Å². The van der Waals surface area contributed by atoms with Crippen LogP contribution in [0.3, 0.4) is 0 Å². The van der Waals surface area contributed by atoms with Crippen molar-refractivity contribution in [3.63, 3.8) is 0 Å². The maximum atomic E-state index is 12.2. The first-order valence-corrected chi connectivity index (χ1v) is 11.7. The monoisotopic (exact) mass is 442 g/mol. The lowest BCUT2D eigenvalue weighted by Crippen LogP contribution is -2.44. The number of hydrogen-bond acceptors (Lipinski definition) is 7. The normalized spacial score (nSPS) is 15.5. The highest BCUT2D eigenvalue weighted by molar-refractivity contribution is 7.19. The van der Waals surface area contributed by atoms with Gasteiger partial charge >= 0.3 is 6.09 Å². The quantitative estimate of drug-likeness (QED) is 0.600. The van der Waals surface area contributed by atoms with Crippen LogP contribution in [-0.4, -0.2) is 45.8 Å². The fourth-order valence-electron chi connectivity index (χ4n) is 3.77. The number of ether oxygens (including phenoxy) is 2. The summed E-state index contributed by atoms with van der Waals surface area (Å²) in [5, 5.41) is 2.15. The third-order valence-electron chi connectivity index (χ3n) is 5.23. The zero-order valence-electron chi connectivity index (χ0n) is 18.6. The molecule has 1 amide bonds. The molecule has 8 heteroatoms.